The monoisotopic (exact) mass is 267 g/mol. The van der Waals surface area contributed by atoms with E-state index in [1.165, 1.54) is 5.70 Å². The molecule has 19 heavy (non-hydrogen) atoms. The zero-order valence-electron chi connectivity index (χ0n) is 11.9. The van der Waals surface area contributed by atoms with Gasteiger partial charge in [0.25, 0.3) is 0 Å². The van der Waals surface area contributed by atoms with Crippen LogP contribution in [0.15, 0.2) is 23.9 Å². The van der Waals surface area contributed by atoms with Gasteiger partial charge >= 0.3 is 0 Å². The fourth-order valence-corrected chi connectivity index (χ4v) is 2.13. The Morgan fingerprint density at radius 3 is 2.53 bits per heavy atom. The molecule has 1 aliphatic rings. The van der Waals surface area contributed by atoms with Gasteiger partial charge in [-0.3, -0.25) is 9.69 Å². The van der Waals surface area contributed by atoms with Crippen molar-refractivity contribution in [3.05, 3.63) is 23.9 Å². The minimum Gasteiger partial charge on any atom is -0.377 e. The van der Waals surface area contributed by atoms with Crippen LogP contribution in [0.3, 0.4) is 0 Å². The lowest BCUT2D eigenvalue weighted by atomic mass is 10.2. The topological polar surface area (TPSA) is 55.8 Å². The van der Waals surface area contributed by atoms with Crippen molar-refractivity contribution in [3.63, 3.8) is 0 Å². The fourth-order valence-electron chi connectivity index (χ4n) is 2.13. The highest BCUT2D eigenvalue weighted by Crippen LogP contribution is 2.11. The molecule has 0 aromatic rings. The molecule has 0 spiro atoms. The zero-order chi connectivity index (χ0) is 14.1. The van der Waals surface area contributed by atoms with Gasteiger partial charge in [-0.2, -0.15) is 0 Å². The highest BCUT2D eigenvalue weighted by atomic mass is 16.3. The molecule has 1 saturated heterocycles. The molecule has 1 fully saturated rings. The minimum absolute atomic E-state index is 0.118. The molecule has 1 amide bonds. The van der Waals surface area contributed by atoms with E-state index in [1.807, 2.05) is 0 Å². The van der Waals surface area contributed by atoms with Crippen LogP contribution in [0.1, 0.15) is 20.3 Å². The lowest BCUT2D eigenvalue weighted by molar-refractivity contribution is -0.123. The predicted molar refractivity (Wildman–Crippen MR) is 76.4 cm³/mol. The maximum Gasteiger partial charge on any atom is 0.235 e. The van der Waals surface area contributed by atoms with E-state index in [2.05, 4.69) is 47.2 Å². The molecule has 0 unspecified atom stereocenters. The number of amides is 1. The Morgan fingerprint density at radius 1 is 1.32 bits per heavy atom. The van der Waals surface area contributed by atoms with Crippen molar-refractivity contribution < 1.29 is 9.90 Å². The van der Waals surface area contributed by atoms with Crippen LogP contribution in [0.25, 0.3) is 0 Å². The first-order valence-electron chi connectivity index (χ1n) is 6.89. The molecule has 0 radical (unpaired) electrons. The van der Waals surface area contributed by atoms with E-state index in [0.717, 1.165) is 32.6 Å². The number of aliphatic hydroxyl groups excluding tert-OH is 1. The highest BCUT2D eigenvalue weighted by Gasteiger charge is 2.18. The van der Waals surface area contributed by atoms with Crippen molar-refractivity contribution in [1.82, 2.24) is 15.1 Å². The molecule has 2 N–H and O–H groups in total. The zero-order valence-corrected chi connectivity index (χ0v) is 11.9. The average Bonchev–Trinajstić information content (AvgIpc) is 2.41. The molecule has 0 bridgehead atoms. The van der Waals surface area contributed by atoms with Crippen LogP contribution in [0.2, 0.25) is 0 Å². The summed E-state index contributed by atoms with van der Waals surface area (Å²) in [6.45, 7) is 7.86. The van der Waals surface area contributed by atoms with Gasteiger partial charge in [0.05, 0.1) is 6.54 Å². The number of nitrogens with zero attached hydrogens (tertiary/aromatic N) is 2. The van der Waals surface area contributed by atoms with Crippen molar-refractivity contribution in [3.8, 4) is 0 Å². The smallest absolute Gasteiger partial charge is 0.235 e. The third-order valence-electron chi connectivity index (χ3n) is 3.20. The Morgan fingerprint density at radius 2 is 2.00 bits per heavy atom. The number of hydrogen-bond acceptors (Lipinski definition) is 4. The summed E-state index contributed by atoms with van der Waals surface area (Å²) < 4.78 is 0. The van der Waals surface area contributed by atoms with Gasteiger partial charge in [-0.25, -0.2) is 0 Å². The van der Waals surface area contributed by atoms with Gasteiger partial charge in [0.15, 0.2) is 0 Å². The molecule has 5 nitrogen and oxygen atoms in total. The highest BCUT2D eigenvalue weighted by molar-refractivity contribution is 5.77. The molecule has 5 heteroatoms. The Bertz CT molecular complexity index is 332. The first-order chi connectivity index (χ1) is 9.21. The van der Waals surface area contributed by atoms with Crippen LogP contribution in [0.4, 0.5) is 0 Å². The molecule has 0 aliphatic carbocycles. The summed E-state index contributed by atoms with van der Waals surface area (Å²) in [7, 11) is 0. The summed E-state index contributed by atoms with van der Waals surface area (Å²) in [4.78, 5) is 15.8. The van der Waals surface area contributed by atoms with Crippen LogP contribution in [0.5, 0.6) is 0 Å². The molecule has 1 heterocycles. The number of carbonyl (C=O) groups excluding carboxylic acids is 1. The van der Waals surface area contributed by atoms with E-state index < -0.39 is 0 Å². The predicted octanol–water partition coefficient (Wildman–Crippen LogP) is 0.540. The third kappa shape index (κ3) is 5.44. The van der Waals surface area contributed by atoms with Crippen molar-refractivity contribution in [2.75, 3.05) is 39.5 Å². The van der Waals surface area contributed by atoms with Crippen LogP contribution in [0, 0.1) is 0 Å². The van der Waals surface area contributed by atoms with E-state index in [-0.39, 0.29) is 12.6 Å². The number of aliphatic hydroxyl groups is 1. The first-order valence-corrected chi connectivity index (χ1v) is 6.89. The maximum atomic E-state index is 11.4. The Hall–Kier alpha value is -1.33. The maximum absolute atomic E-state index is 11.4. The van der Waals surface area contributed by atoms with Crippen LogP contribution < -0.4 is 5.32 Å². The Labute approximate surface area is 115 Å². The number of piperazine rings is 1. The Kier molecular flexibility index (Phi) is 7.22. The lowest BCUT2D eigenvalue weighted by Crippen LogP contribution is -2.48. The second kappa shape index (κ2) is 8.72. The van der Waals surface area contributed by atoms with E-state index >= 15 is 0 Å². The second-order valence-electron chi connectivity index (χ2n) is 4.55. The van der Waals surface area contributed by atoms with Crippen molar-refractivity contribution in [1.29, 1.82) is 0 Å². The molecule has 0 saturated carbocycles. The fraction of sp³-hybridized carbons (Fsp3) is 0.643. The van der Waals surface area contributed by atoms with Crippen LogP contribution >= 0.6 is 0 Å². The third-order valence-corrected chi connectivity index (χ3v) is 3.20. The molecule has 0 aromatic heterocycles. The molecule has 0 atom stereocenters. The van der Waals surface area contributed by atoms with Crippen molar-refractivity contribution in [2.45, 2.75) is 20.3 Å². The summed E-state index contributed by atoms with van der Waals surface area (Å²) in [5.74, 6) is -0.118. The number of hydrogen-bond donors (Lipinski definition) is 2. The van der Waals surface area contributed by atoms with Gasteiger partial charge < -0.3 is 15.3 Å². The van der Waals surface area contributed by atoms with Gasteiger partial charge in [0, 0.05) is 31.9 Å². The SMILES string of the molecule is C/C=C(\C=C/CC)N1CCN(CC(=O)NCO)CC1. The summed E-state index contributed by atoms with van der Waals surface area (Å²) >= 11 is 0. The molecule has 1 aliphatic heterocycles. The number of rotatable bonds is 6. The summed E-state index contributed by atoms with van der Waals surface area (Å²) in [6, 6.07) is 0. The molecular weight excluding hydrogens is 242 g/mol. The van der Waals surface area contributed by atoms with Crippen molar-refractivity contribution >= 4 is 5.91 Å². The second-order valence-corrected chi connectivity index (χ2v) is 4.55. The largest absolute Gasteiger partial charge is 0.377 e. The van der Waals surface area contributed by atoms with Gasteiger partial charge in [-0.05, 0) is 19.4 Å². The molecule has 0 aromatic carbocycles. The number of allylic oxidation sites excluding steroid dienone is 3. The standard InChI is InChI=1S/C14H25N3O2/c1-3-5-6-13(4-2)17-9-7-16(8-10-17)11-14(19)15-12-18/h4-6,18H,3,7-12H2,1-2H3,(H,15,19)/b6-5-,13-4+. The normalized spacial score (nSPS) is 18.1. The summed E-state index contributed by atoms with van der Waals surface area (Å²) in [5, 5.41) is 11.0. The van der Waals surface area contributed by atoms with E-state index in [4.69, 9.17) is 5.11 Å². The van der Waals surface area contributed by atoms with Gasteiger partial charge in [0.2, 0.25) is 5.91 Å². The van der Waals surface area contributed by atoms with Gasteiger partial charge in [-0.15, -0.1) is 0 Å². The first kappa shape index (κ1) is 15.7. The molecule has 108 valence electrons. The van der Waals surface area contributed by atoms with E-state index in [1.54, 1.807) is 0 Å². The quantitative estimate of drug-likeness (QED) is 0.545. The minimum atomic E-state index is -0.288. The summed E-state index contributed by atoms with van der Waals surface area (Å²) in [5.41, 5.74) is 1.25. The van der Waals surface area contributed by atoms with E-state index in [0.29, 0.717) is 6.54 Å². The van der Waals surface area contributed by atoms with Gasteiger partial charge in [-0.1, -0.05) is 19.1 Å². The van der Waals surface area contributed by atoms with Gasteiger partial charge in [0.1, 0.15) is 6.73 Å². The lowest BCUT2D eigenvalue weighted by Gasteiger charge is -2.36. The summed E-state index contributed by atoms with van der Waals surface area (Å²) in [6.07, 6.45) is 7.49. The molecular formula is C14H25N3O2. The molecule has 1 rings (SSSR count). The average molecular weight is 267 g/mol. The van der Waals surface area contributed by atoms with E-state index in [9.17, 15) is 4.79 Å². The van der Waals surface area contributed by atoms with Crippen LogP contribution in [-0.2, 0) is 4.79 Å². The van der Waals surface area contributed by atoms with Crippen LogP contribution in [-0.4, -0.2) is 60.3 Å². The Balaban J connectivity index is 2.39. The number of nitrogens with one attached hydrogen (secondary N) is 1. The van der Waals surface area contributed by atoms with Crippen molar-refractivity contribution in [2.24, 2.45) is 0 Å². The number of carbonyl (C=O) groups is 1.